The van der Waals surface area contributed by atoms with Crippen molar-refractivity contribution in [1.29, 1.82) is 0 Å². The Morgan fingerprint density at radius 1 is 1.03 bits per heavy atom. The molecule has 2 amide bonds. The van der Waals surface area contributed by atoms with Crippen LogP contribution in [0.5, 0.6) is 11.5 Å². The van der Waals surface area contributed by atoms with E-state index in [0.29, 0.717) is 13.2 Å². The predicted molar refractivity (Wildman–Crippen MR) is 113 cm³/mol. The quantitative estimate of drug-likeness (QED) is 0.695. The average molecular weight is 391 g/mol. The fourth-order valence-electron chi connectivity index (χ4n) is 3.74. The Morgan fingerprint density at radius 2 is 1.76 bits per heavy atom. The third kappa shape index (κ3) is 3.92. The van der Waals surface area contributed by atoms with Gasteiger partial charge in [-0.3, -0.25) is 0 Å². The first-order valence-corrected chi connectivity index (χ1v) is 9.79. The van der Waals surface area contributed by atoms with Crippen LogP contribution in [0.25, 0.3) is 0 Å². The number of ether oxygens (including phenoxy) is 2. The number of hydrogen-bond acceptors (Lipinski definition) is 3. The summed E-state index contributed by atoms with van der Waals surface area (Å²) in [4.78, 5) is 15.0. The van der Waals surface area contributed by atoms with Crippen molar-refractivity contribution >= 4 is 11.7 Å². The molecule has 29 heavy (non-hydrogen) atoms. The third-order valence-electron chi connectivity index (χ3n) is 5.15. The second-order valence-electron chi connectivity index (χ2n) is 6.88. The first kappa shape index (κ1) is 18.9. The Bertz CT molecular complexity index is 964. The van der Waals surface area contributed by atoms with Gasteiger partial charge in [0.2, 0.25) is 0 Å². The largest absolute Gasteiger partial charge is 0.497 e. The van der Waals surface area contributed by atoms with E-state index in [9.17, 15) is 4.79 Å². The van der Waals surface area contributed by atoms with E-state index >= 15 is 0 Å². The van der Waals surface area contributed by atoms with E-state index in [4.69, 9.17) is 9.47 Å². The number of aromatic nitrogens is 1. The Morgan fingerprint density at radius 3 is 2.45 bits per heavy atom. The first-order valence-electron chi connectivity index (χ1n) is 9.79. The van der Waals surface area contributed by atoms with E-state index in [1.54, 1.807) is 7.11 Å². The number of nitrogens with one attached hydrogen (secondary N) is 1. The molecule has 0 saturated carbocycles. The van der Waals surface area contributed by atoms with Crippen molar-refractivity contribution in [2.75, 3.05) is 25.6 Å². The fraction of sp³-hybridized carbons (Fsp3) is 0.261. The highest BCUT2D eigenvalue weighted by Crippen LogP contribution is 2.33. The summed E-state index contributed by atoms with van der Waals surface area (Å²) in [6.07, 6.45) is 2.07. The van der Waals surface area contributed by atoms with E-state index in [0.717, 1.165) is 35.0 Å². The number of urea groups is 1. The smallest absolute Gasteiger partial charge is 0.322 e. The first-order chi connectivity index (χ1) is 14.2. The Labute approximate surface area is 170 Å². The van der Waals surface area contributed by atoms with Gasteiger partial charge in [-0.05, 0) is 61.0 Å². The summed E-state index contributed by atoms with van der Waals surface area (Å²) in [6.45, 7) is 3.99. The highest BCUT2D eigenvalue weighted by atomic mass is 16.5. The van der Waals surface area contributed by atoms with Crippen LogP contribution in [0.4, 0.5) is 10.5 Å². The van der Waals surface area contributed by atoms with E-state index in [1.165, 1.54) is 0 Å². The van der Waals surface area contributed by atoms with Gasteiger partial charge in [0.15, 0.2) is 0 Å². The summed E-state index contributed by atoms with van der Waals surface area (Å²) >= 11 is 0. The van der Waals surface area contributed by atoms with E-state index in [2.05, 4.69) is 22.1 Å². The molecule has 1 aromatic heterocycles. The van der Waals surface area contributed by atoms with Gasteiger partial charge in [-0.25, -0.2) is 4.79 Å². The van der Waals surface area contributed by atoms with Gasteiger partial charge in [0.05, 0.1) is 19.8 Å². The van der Waals surface area contributed by atoms with Crippen molar-refractivity contribution in [1.82, 2.24) is 9.47 Å². The van der Waals surface area contributed by atoms with Crippen LogP contribution in [0.2, 0.25) is 0 Å². The number of rotatable bonds is 5. The standard InChI is InChI=1S/C23H25N3O3/c1-3-29-20-10-6-17(7-11-20)22-21-5-4-14-25(21)15-16-26(22)23(27)24-18-8-12-19(28-2)13-9-18/h4-14,22H,3,15-16H2,1-2H3,(H,24,27). The summed E-state index contributed by atoms with van der Waals surface area (Å²) in [7, 11) is 1.62. The molecule has 2 heterocycles. The zero-order valence-electron chi connectivity index (χ0n) is 16.7. The Hall–Kier alpha value is -3.41. The highest BCUT2D eigenvalue weighted by molar-refractivity contribution is 5.90. The van der Waals surface area contributed by atoms with Gasteiger partial charge in [-0.2, -0.15) is 0 Å². The van der Waals surface area contributed by atoms with Gasteiger partial charge in [0, 0.05) is 30.7 Å². The lowest BCUT2D eigenvalue weighted by Crippen LogP contribution is -2.44. The molecule has 0 bridgehead atoms. The molecule has 6 nitrogen and oxygen atoms in total. The number of carbonyl (C=O) groups excluding carboxylic acids is 1. The normalized spacial score (nSPS) is 15.5. The SMILES string of the molecule is CCOc1ccc(C2c3cccn3CCN2C(=O)Nc2ccc(OC)cc2)cc1. The topological polar surface area (TPSA) is 55.7 Å². The molecule has 1 unspecified atom stereocenters. The lowest BCUT2D eigenvalue weighted by atomic mass is 10.00. The van der Waals surface area contributed by atoms with Crippen molar-refractivity contribution in [2.24, 2.45) is 0 Å². The Balaban J connectivity index is 1.61. The minimum Gasteiger partial charge on any atom is -0.497 e. The number of carbonyl (C=O) groups is 1. The van der Waals surface area contributed by atoms with E-state index in [-0.39, 0.29) is 12.1 Å². The van der Waals surface area contributed by atoms with Crippen molar-refractivity contribution in [3.63, 3.8) is 0 Å². The van der Waals surface area contributed by atoms with Crippen LogP contribution < -0.4 is 14.8 Å². The molecule has 0 saturated heterocycles. The molecule has 1 atom stereocenters. The van der Waals surface area contributed by atoms with Gasteiger partial charge < -0.3 is 24.3 Å². The van der Waals surface area contributed by atoms with Crippen LogP contribution in [0.1, 0.15) is 24.2 Å². The van der Waals surface area contributed by atoms with Crippen molar-refractivity contribution in [2.45, 2.75) is 19.5 Å². The molecule has 0 aliphatic carbocycles. The molecule has 0 fully saturated rings. The van der Waals surface area contributed by atoms with E-state index < -0.39 is 0 Å². The van der Waals surface area contributed by atoms with Crippen LogP contribution in [0.3, 0.4) is 0 Å². The minimum absolute atomic E-state index is 0.124. The number of hydrogen-bond donors (Lipinski definition) is 1. The summed E-state index contributed by atoms with van der Waals surface area (Å²) < 4.78 is 13.0. The average Bonchev–Trinajstić information content (AvgIpc) is 3.23. The number of methoxy groups -OCH3 is 1. The zero-order chi connectivity index (χ0) is 20.2. The van der Waals surface area contributed by atoms with Crippen molar-refractivity contribution in [3.8, 4) is 11.5 Å². The Kier molecular flexibility index (Phi) is 5.42. The van der Waals surface area contributed by atoms with Crippen LogP contribution in [0, 0.1) is 0 Å². The lowest BCUT2D eigenvalue weighted by Gasteiger charge is -2.37. The second kappa shape index (κ2) is 8.31. The van der Waals surface area contributed by atoms with Crippen LogP contribution in [-0.4, -0.2) is 35.8 Å². The van der Waals surface area contributed by atoms with Gasteiger partial charge in [0.1, 0.15) is 11.5 Å². The molecule has 1 aliphatic heterocycles. The molecule has 1 aliphatic rings. The predicted octanol–water partition coefficient (Wildman–Crippen LogP) is 4.53. The minimum atomic E-state index is -0.160. The van der Waals surface area contributed by atoms with Gasteiger partial charge in [-0.15, -0.1) is 0 Å². The van der Waals surface area contributed by atoms with E-state index in [1.807, 2.05) is 66.4 Å². The maximum Gasteiger partial charge on any atom is 0.322 e. The summed E-state index contributed by atoms with van der Waals surface area (Å²) in [6, 6.07) is 19.2. The molecule has 3 aromatic rings. The zero-order valence-corrected chi connectivity index (χ0v) is 16.7. The summed E-state index contributed by atoms with van der Waals surface area (Å²) in [5.74, 6) is 1.59. The number of amides is 2. The van der Waals surface area contributed by atoms with Crippen molar-refractivity contribution in [3.05, 3.63) is 78.1 Å². The van der Waals surface area contributed by atoms with Crippen molar-refractivity contribution < 1.29 is 14.3 Å². The summed E-state index contributed by atoms with van der Waals surface area (Å²) in [5, 5.41) is 3.01. The molecular formula is C23H25N3O3. The number of anilines is 1. The number of nitrogens with zero attached hydrogens (tertiary/aromatic N) is 2. The molecular weight excluding hydrogens is 366 g/mol. The maximum absolute atomic E-state index is 13.2. The van der Waals surface area contributed by atoms with Gasteiger partial charge in [-0.1, -0.05) is 12.1 Å². The molecule has 4 rings (SSSR count). The number of fused-ring (bicyclic) bond motifs is 1. The lowest BCUT2D eigenvalue weighted by molar-refractivity contribution is 0.182. The number of benzene rings is 2. The molecule has 150 valence electrons. The van der Waals surface area contributed by atoms with Crippen LogP contribution in [-0.2, 0) is 6.54 Å². The van der Waals surface area contributed by atoms with Crippen LogP contribution >= 0.6 is 0 Å². The highest BCUT2D eigenvalue weighted by Gasteiger charge is 2.32. The molecule has 0 spiro atoms. The summed E-state index contributed by atoms with van der Waals surface area (Å²) in [5.41, 5.74) is 2.89. The van der Waals surface area contributed by atoms with Gasteiger partial charge >= 0.3 is 6.03 Å². The van der Waals surface area contributed by atoms with Crippen LogP contribution in [0.15, 0.2) is 66.9 Å². The fourth-order valence-corrected chi connectivity index (χ4v) is 3.74. The second-order valence-corrected chi connectivity index (χ2v) is 6.88. The van der Waals surface area contributed by atoms with Gasteiger partial charge in [0.25, 0.3) is 0 Å². The molecule has 1 N–H and O–H groups in total. The monoisotopic (exact) mass is 391 g/mol. The third-order valence-corrected chi connectivity index (χ3v) is 5.15. The molecule has 6 heteroatoms. The molecule has 0 radical (unpaired) electrons. The molecule has 2 aromatic carbocycles. The maximum atomic E-state index is 13.2.